The van der Waals surface area contributed by atoms with Gasteiger partial charge in [0.05, 0.1) is 11.9 Å². The highest BCUT2D eigenvalue weighted by atomic mass is 16.2. The van der Waals surface area contributed by atoms with Crippen LogP contribution in [0.25, 0.3) is 5.82 Å². The van der Waals surface area contributed by atoms with E-state index in [0.29, 0.717) is 5.92 Å². The molecule has 92 valence electrons. The van der Waals surface area contributed by atoms with E-state index in [9.17, 15) is 4.79 Å². The summed E-state index contributed by atoms with van der Waals surface area (Å²) in [6.45, 7) is 2.09. The van der Waals surface area contributed by atoms with Crippen molar-refractivity contribution >= 4 is 11.6 Å². The first-order valence-corrected chi connectivity index (χ1v) is 5.99. The minimum Gasteiger partial charge on any atom is -0.324 e. The molecule has 2 aromatic rings. The highest BCUT2D eigenvalue weighted by Crippen LogP contribution is 2.38. The lowest BCUT2D eigenvalue weighted by Gasteiger charge is -2.05. The lowest BCUT2D eigenvalue weighted by atomic mass is 10.3. The maximum Gasteiger partial charge on any atom is 0.227 e. The van der Waals surface area contributed by atoms with Crippen LogP contribution in [0.5, 0.6) is 0 Å². The molecule has 3 rings (SSSR count). The second-order valence-corrected chi connectivity index (χ2v) is 4.68. The van der Waals surface area contributed by atoms with E-state index in [4.69, 9.17) is 0 Å². The zero-order valence-corrected chi connectivity index (χ0v) is 10.1. The van der Waals surface area contributed by atoms with Crippen LogP contribution in [-0.4, -0.2) is 20.4 Å². The smallest absolute Gasteiger partial charge is 0.227 e. The van der Waals surface area contributed by atoms with E-state index in [1.807, 2.05) is 22.9 Å². The number of rotatable bonds is 3. The van der Waals surface area contributed by atoms with Crippen molar-refractivity contribution in [2.24, 2.45) is 11.8 Å². The van der Waals surface area contributed by atoms with E-state index in [2.05, 4.69) is 22.2 Å². The maximum absolute atomic E-state index is 11.7. The van der Waals surface area contributed by atoms with Crippen molar-refractivity contribution in [3.63, 3.8) is 0 Å². The standard InChI is InChI=1S/C13H14N4O/c1-9-6-11(9)13(18)16-10-2-3-12(15-7-10)17-5-4-14-8-17/h2-5,7-9,11H,6H2,1H3,(H,16,18). The average molecular weight is 242 g/mol. The van der Waals surface area contributed by atoms with E-state index in [0.717, 1.165) is 17.9 Å². The van der Waals surface area contributed by atoms with Crippen LogP contribution in [0, 0.1) is 11.8 Å². The number of carbonyl (C=O) groups is 1. The average Bonchev–Trinajstić information content (AvgIpc) is 2.91. The Bertz CT molecular complexity index is 547. The normalized spacial score (nSPS) is 21.6. The molecule has 1 aliphatic carbocycles. The van der Waals surface area contributed by atoms with Crippen LogP contribution in [0.1, 0.15) is 13.3 Å². The minimum atomic E-state index is 0.0969. The zero-order chi connectivity index (χ0) is 12.5. The summed E-state index contributed by atoms with van der Waals surface area (Å²) in [7, 11) is 0. The molecule has 5 nitrogen and oxygen atoms in total. The Morgan fingerprint density at radius 1 is 1.50 bits per heavy atom. The van der Waals surface area contributed by atoms with Gasteiger partial charge in [-0.3, -0.25) is 9.36 Å². The minimum absolute atomic E-state index is 0.0969. The predicted octanol–water partition coefficient (Wildman–Crippen LogP) is 1.86. The largest absolute Gasteiger partial charge is 0.324 e. The fourth-order valence-electron chi connectivity index (χ4n) is 1.93. The molecule has 1 aliphatic rings. The molecule has 2 atom stereocenters. The molecule has 1 fully saturated rings. The number of carbonyl (C=O) groups excluding carboxylic acids is 1. The highest BCUT2D eigenvalue weighted by molar-refractivity contribution is 5.94. The van der Waals surface area contributed by atoms with Gasteiger partial charge >= 0.3 is 0 Å². The first-order valence-electron chi connectivity index (χ1n) is 5.99. The van der Waals surface area contributed by atoms with Gasteiger partial charge in [0.1, 0.15) is 12.1 Å². The number of hydrogen-bond donors (Lipinski definition) is 1. The quantitative estimate of drug-likeness (QED) is 0.893. The van der Waals surface area contributed by atoms with E-state index in [1.54, 1.807) is 18.7 Å². The van der Waals surface area contributed by atoms with Crippen molar-refractivity contribution in [2.45, 2.75) is 13.3 Å². The number of nitrogens with one attached hydrogen (secondary N) is 1. The summed E-state index contributed by atoms with van der Waals surface area (Å²) in [5, 5.41) is 2.88. The summed E-state index contributed by atoms with van der Waals surface area (Å²) < 4.78 is 1.81. The summed E-state index contributed by atoms with van der Waals surface area (Å²) in [5.41, 5.74) is 0.739. The van der Waals surface area contributed by atoms with Crippen LogP contribution < -0.4 is 5.32 Å². The molecule has 2 heterocycles. The molecule has 0 spiro atoms. The summed E-state index contributed by atoms with van der Waals surface area (Å²) >= 11 is 0. The van der Waals surface area contributed by atoms with Crippen LogP contribution in [0.4, 0.5) is 5.69 Å². The number of amides is 1. The van der Waals surface area contributed by atoms with Crippen LogP contribution in [0.15, 0.2) is 37.1 Å². The molecule has 2 unspecified atom stereocenters. The number of anilines is 1. The molecule has 5 heteroatoms. The van der Waals surface area contributed by atoms with Gasteiger partial charge in [-0.25, -0.2) is 9.97 Å². The van der Waals surface area contributed by atoms with E-state index in [1.165, 1.54) is 0 Å². The van der Waals surface area contributed by atoms with Crippen LogP contribution in [0.3, 0.4) is 0 Å². The Morgan fingerprint density at radius 2 is 2.33 bits per heavy atom. The lowest BCUT2D eigenvalue weighted by Crippen LogP contribution is -2.14. The number of aromatic nitrogens is 3. The van der Waals surface area contributed by atoms with Crippen molar-refractivity contribution in [1.82, 2.24) is 14.5 Å². The van der Waals surface area contributed by atoms with Gasteiger partial charge in [0.2, 0.25) is 5.91 Å². The SMILES string of the molecule is CC1CC1C(=O)Nc1ccc(-n2ccnc2)nc1. The Labute approximate surface area is 105 Å². The molecule has 2 aromatic heterocycles. The molecule has 0 bridgehead atoms. The molecule has 18 heavy (non-hydrogen) atoms. The predicted molar refractivity (Wildman–Crippen MR) is 67.3 cm³/mol. The molecular weight excluding hydrogens is 228 g/mol. The summed E-state index contributed by atoms with van der Waals surface area (Å²) in [4.78, 5) is 20.0. The summed E-state index contributed by atoms with van der Waals surface area (Å²) in [5.74, 6) is 1.58. The lowest BCUT2D eigenvalue weighted by molar-refractivity contribution is -0.117. The molecule has 1 N–H and O–H groups in total. The van der Waals surface area contributed by atoms with E-state index >= 15 is 0 Å². The molecular formula is C13H14N4O. The summed E-state index contributed by atoms with van der Waals surface area (Å²) in [6.07, 6.45) is 7.87. The Morgan fingerprint density at radius 3 is 2.89 bits per heavy atom. The molecule has 1 saturated carbocycles. The van der Waals surface area contributed by atoms with Crippen molar-refractivity contribution in [2.75, 3.05) is 5.32 Å². The van der Waals surface area contributed by atoms with Gasteiger partial charge in [0.25, 0.3) is 0 Å². The number of hydrogen-bond acceptors (Lipinski definition) is 3. The van der Waals surface area contributed by atoms with E-state index < -0.39 is 0 Å². The highest BCUT2D eigenvalue weighted by Gasteiger charge is 2.39. The van der Waals surface area contributed by atoms with Gasteiger partial charge in [0.15, 0.2) is 0 Å². The second-order valence-electron chi connectivity index (χ2n) is 4.68. The van der Waals surface area contributed by atoms with Gasteiger partial charge in [-0.15, -0.1) is 0 Å². The van der Waals surface area contributed by atoms with Crippen LogP contribution in [-0.2, 0) is 4.79 Å². The molecule has 0 saturated heterocycles. The van der Waals surface area contributed by atoms with Gasteiger partial charge in [-0.1, -0.05) is 6.92 Å². The number of nitrogens with zero attached hydrogens (tertiary/aromatic N) is 3. The maximum atomic E-state index is 11.7. The zero-order valence-electron chi connectivity index (χ0n) is 10.1. The third-order valence-corrected chi connectivity index (χ3v) is 3.23. The molecule has 1 amide bonds. The monoisotopic (exact) mass is 242 g/mol. The number of pyridine rings is 1. The van der Waals surface area contributed by atoms with Crippen LogP contribution >= 0.6 is 0 Å². The molecule has 0 aliphatic heterocycles. The van der Waals surface area contributed by atoms with Gasteiger partial charge in [0, 0.05) is 18.3 Å². The molecule has 0 aromatic carbocycles. The first kappa shape index (κ1) is 11.0. The Hall–Kier alpha value is -2.17. The van der Waals surface area contributed by atoms with E-state index in [-0.39, 0.29) is 11.8 Å². The van der Waals surface area contributed by atoms with Gasteiger partial charge in [-0.05, 0) is 24.5 Å². The number of imidazole rings is 1. The fraction of sp³-hybridized carbons (Fsp3) is 0.308. The van der Waals surface area contributed by atoms with Crippen LogP contribution in [0.2, 0.25) is 0 Å². The van der Waals surface area contributed by atoms with Crippen molar-refractivity contribution in [3.05, 3.63) is 37.1 Å². The Balaban J connectivity index is 1.69. The van der Waals surface area contributed by atoms with Crippen molar-refractivity contribution in [3.8, 4) is 5.82 Å². The first-order chi connectivity index (χ1) is 8.74. The van der Waals surface area contributed by atoms with Gasteiger partial charge in [-0.2, -0.15) is 0 Å². The third-order valence-electron chi connectivity index (χ3n) is 3.23. The van der Waals surface area contributed by atoms with Gasteiger partial charge < -0.3 is 5.32 Å². The topological polar surface area (TPSA) is 59.8 Å². The van der Waals surface area contributed by atoms with Crippen molar-refractivity contribution < 1.29 is 4.79 Å². The fourth-order valence-corrected chi connectivity index (χ4v) is 1.93. The van der Waals surface area contributed by atoms with Crippen molar-refractivity contribution in [1.29, 1.82) is 0 Å². The third kappa shape index (κ3) is 2.11. The molecule has 0 radical (unpaired) electrons. The second kappa shape index (κ2) is 4.25. The summed E-state index contributed by atoms with van der Waals surface area (Å²) in [6, 6.07) is 3.71. The Kier molecular flexibility index (Phi) is 2.59.